The topological polar surface area (TPSA) is 43.6 Å². The molecule has 4 nitrogen and oxygen atoms in total. The van der Waals surface area contributed by atoms with Gasteiger partial charge in [-0.25, -0.2) is 4.98 Å². The summed E-state index contributed by atoms with van der Waals surface area (Å²) < 4.78 is 9.84. The summed E-state index contributed by atoms with van der Waals surface area (Å²) in [6, 6.07) is 0. The van der Waals surface area contributed by atoms with E-state index < -0.39 is 0 Å². The SMILES string of the molecule is CCc1nccn1-c1nsnc1Cl. The van der Waals surface area contributed by atoms with Crippen molar-refractivity contribution in [3.63, 3.8) is 0 Å². The first-order valence-electron chi connectivity index (χ1n) is 3.83. The van der Waals surface area contributed by atoms with Crippen molar-refractivity contribution in [2.45, 2.75) is 13.3 Å². The Morgan fingerprint density at radius 2 is 2.38 bits per heavy atom. The first kappa shape index (κ1) is 8.65. The molecule has 0 bridgehead atoms. The highest BCUT2D eigenvalue weighted by atomic mass is 35.5. The van der Waals surface area contributed by atoms with Crippen LogP contribution in [0.15, 0.2) is 12.4 Å². The van der Waals surface area contributed by atoms with E-state index in [0.717, 1.165) is 24.0 Å². The summed E-state index contributed by atoms with van der Waals surface area (Å²) in [5.74, 6) is 1.61. The van der Waals surface area contributed by atoms with Gasteiger partial charge in [-0.1, -0.05) is 18.5 Å². The molecule has 0 fully saturated rings. The summed E-state index contributed by atoms with van der Waals surface area (Å²) in [7, 11) is 0. The van der Waals surface area contributed by atoms with E-state index in [-0.39, 0.29) is 0 Å². The van der Waals surface area contributed by atoms with Gasteiger partial charge in [0.15, 0.2) is 11.0 Å². The minimum Gasteiger partial charge on any atom is -0.284 e. The average Bonchev–Trinajstić information content (AvgIpc) is 2.71. The second kappa shape index (κ2) is 3.43. The third-order valence-electron chi connectivity index (χ3n) is 1.69. The number of aromatic nitrogens is 4. The predicted molar refractivity (Wildman–Crippen MR) is 51.4 cm³/mol. The van der Waals surface area contributed by atoms with Crippen LogP contribution < -0.4 is 0 Å². The molecule has 0 aliphatic carbocycles. The van der Waals surface area contributed by atoms with E-state index in [9.17, 15) is 0 Å². The smallest absolute Gasteiger partial charge is 0.191 e. The van der Waals surface area contributed by atoms with Crippen LogP contribution in [0.4, 0.5) is 0 Å². The van der Waals surface area contributed by atoms with E-state index in [2.05, 4.69) is 13.7 Å². The summed E-state index contributed by atoms with van der Waals surface area (Å²) in [6.07, 6.45) is 4.41. The third-order valence-corrected chi connectivity index (χ3v) is 2.57. The van der Waals surface area contributed by atoms with Crippen LogP contribution in [-0.2, 0) is 6.42 Å². The van der Waals surface area contributed by atoms with Crippen molar-refractivity contribution in [3.05, 3.63) is 23.4 Å². The van der Waals surface area contributed by atoms with Crippen LogP contribution >= 0.6 is 23.3 Å². The Kier molecular flexibility index (Phi) is 2.28. The molecule has 0 aromatic carbocycles. The van der Waals surface area contributed by atoms with Crippen molar-refractivity contribution in [1.29, 1.82) is 0 Å². The molecule has 0 saturated heterocycles. The highest BCUT2D eigenvalue weighted by Gasteiger charge is 2.10. The number of rotatable bonds is 2. The Labute approximate surface area is 84.5 Å². The van der Waals surface area contributed by atoms with Crippen molar-refractivity contribution in [3.8, 4) is 5.82 Å². The number of nitrogens with zero attached hydrogens (tertiary/aromatic N) is 4. The van der Waals surface area contributed by atoms with Gasteiger partial charge in [0.25, 0.3) is 0 Å². The van der Waals surface area contributed by atoms with Crippen molar-refractivity contribution in [1.82, 2.24) is 18.3 Å². The van der Waals surface area contributed by atoms with Gasteiger partial charge in [-0.2, -0.15) is 8.75 Å². The molecule has 2 aromatic heterocycles. The number of imidazole rings is 1. The summed E-state index contributed by atoms with van der Waals surface area (Å²) >= 11 is 6.95. The molecule has 2 heterocycles. The molecule has 0 saturated carbocycles. The minimum atomic E-state index is 0.428. The molecular formula is C7H7ClN4S. The maximum Gasteiger partial charge on any atom is 0.191 e. The zero-order valence-corrected chi connectivity index (χ0v) is 8.51. The summed E-state index contributed by atoms with van der Waals surface area (Å²) in [5.41, 5.74) is 0. The van der Waals surface area contributed by atoms with Crippen LogP contribution in [0, 0.1) is 0 Å². The molecule has 0 atom stereocenters. The lowest BCUT2D eigenvalue weighted by Gasteiger charge is -2.00. The second-order valence-corrected chi connectivity index (χ2v) is 3.33. The largest absolute Gasteiger partial charge is 0.284 e. The molecule has 2 rings (SSSR count). The number of hydrogen-bond acceptors (Lipinski definition) is 4. The maximum atomic E-state index is 5.85. The van der Waals surface area contributed by atoms with Gasteiger partial charge in [-0.05, 0) is 0 Å². The van der Waals surface area contributed by atoms with Crippen LogP contribution in [0.5, 0.6) is 0 Å². The fraction of sp³-hybridized carbons (Fsp3) is 0.286. The minimum absolute atomic E-state index is 0.428. The molecule has 0 unspecified atom stereocenters. The molecule has 2 aromatic rings. The van der Waals surface area contributed by atoms with Crippen LogP contribution in [0.2, 0.25) is 5.15 Å². The molecule has 0 radical (unpaired) electrons. The quantitative estimate of drug-likeness (QED) is 0.768. The Morgan fingerprint density at radius 3 is 3.00 bits per heavy atom. The highest BCUT2D eigenvalue weighted by molar-refractivity contribution is 6.99. The molecule has 13 heavy (non-hydrogen) atoms. The average molecular weight is 215 g/mol. The molecule has 0 aliphatic heterocycles. The lowest BCUT2D eigenvalue weighted by Crippen LogP contribution is -1.99. The van der Waals surface area contributed by atoms with Crippen LogP contribution in [0.25, 0.3) is 5.82 Å². The molecular weight excluding hydrogens is 208 g/mol. The van der Waals surface area contributed by atoms with Crippen LogP contribution in [-0.4, -0.2) is 18.3 Å². The van der Waals surface area contributed by atoms with Gasteiger partial charge in [0.05, 0.1) is 11.7 Å². The molecule has 0 N–H and O–H groups in total. The van der Waals surface area contributed by atoms with E-state index in [1.54, 1.807) is 6.20 Å². The molecule has 6 heteroatoms. The zero-order chi connectivity index (χ0) is 9.26. The van der Waals surface area contributed by atoms with Crippen molar-refractivity contribution < 1.29 is 0 Å². The monoisotopic (exact) mass is 214 g/mol. The first-order chi connectivity index (χ1) is 6.33. The first-order valence-corrected chi connectivity index (χ1v) is 4.94. The van der Waals surface area contributed by atoms with Crippen LogP contribution in [0.1, 0.15) is 12.7 Å². The standard InChI is InChI=1S/C7H7ClN4S/c1-2-5-9-3-4-12(5)7-6(8)10-13-11-7/h3-4H,2H2,1H3. The maximum absolute atomic E-state index is 5.85. The molecule has 0 amide bonds. The van der Waals surface area contributed by atoms with E-state index in [4.69, 9.17) is 11.6 Å². The third kappa shape index (κ3) is 1.45. The number of hydrogen-bond donors (Lipinski definition) is 0. The number of aryl methyl sites for hydroxylation is 1. The lowest BCUT2D eigenvalue weighted by molar-refractivity contribution is 0.877. The van der Waals surface area contributed by atoms with Gasteiger partial charge in [0, 0.05) is 18.8 Å². The Balaban J connectivity index is 2.52. The van der Waals surface area contributed by atoms with Gasteiger partial charge in [0.2, 0.25) is 0 Å². The Morgan fingerprint density at radius 1 is 1.54 bits per heavy atom. The predicted octanol–water partition coefficient (Wildman–Crippen LogP) is 1.94. The van der Waals surface area contributed by atoms with E-state index in [1.165, 1.54) is 0 Å². The highest BCUT2D eigenvalue weighted by Crippen LogP contribution is 2.18. The van der Waals surface area contributed by atoms with Gasteiger partial charge in [-0.15, -0.1) is 0 Å². The molecule has 0 spiro atoms. The Hall–Kier alpha value is -0.940. The fourth-order valence-electron chi connectivity index (χ4n) is 1.11. The van der Waals surface area contributed by atoms with Gasteiger partial charge < -0.3 is 0 Å². The van der Waals surface area contributed by atoms with E-state index in [0.29, 0.717) is 11.0 Å². The normalized spacial score (nSPS) is 10.6. The van der Waals surface area contributed by atoms with E-state index >= 15 is 0 Å². The fourth-order valence-corrected chi connectivity index (χ4v) is 1.83. The van der Waals surface area contributed by atoms with Crippen LogP contribution in [0.3, 0.4) is 0 Å². The van der Waals surface area contributed by atoms with Crippen molar-refractivity contribution in [2.24, 2.45) is 0 Å². The second-order valence-electron chi connectivity index (χ2n) is 2.45. The van der Waals surface area contributed by atoms with Crippen molar-refractivity contribution >= 4 is 23.3 Å². The summed E-state index contributed by atoms with van der Waals surface area (Å²) in [5, 5.41) is 0.428. The lowest BCUT2D eigenvalue weighted by atomic mass is 10.4. The van der Waals surface area contributed by atoms with Gasteiger partial charge in [0.1, 0.15) is 5.82 Å². The molecule has 68 valence electrons. The van der Waals surface area contributed by atoms with Gasteiger partial charge in [-0.3, -0.25) is 4.57 Å². The summed E-state index contributed by atoms with van der Waals surface area (Å²) in [4.78, 5) is 4.17. The van der Waals surface area contributed by atoms with Crippen molar-refractivity contribution in [2.75, 3.05) is 0 Å². The van der Waals surface area contributed by atoms with Gasteiger partial charge >= 0.3 is 0 Å². The molecule has 0 aliphatic rings. The number of halogens is 1. The summed E-state index contributed by atoms with van der Waals surface area (Å²) in [6.45, 7) is 2.03. The zero-order valence-electron chi connectivity index (χ0n) is 6.94. The Bertz CT molecular complexity index is 408. The van der Waals surface area contributed by atoms with E-state index in [1.807, 2.05) is 17.7 Å².